The van der Waals surface area contributed by atoms with Gasteiger partial charge in [-0.1, -0.05) is 18.2 Å². The molecule has 1 atom stereocenters. The van der Waals surface area contributed by atoms with Crippen LogP contribution in [0.3, 0.4) is 0 Å². The van der Waals surface area contributed by atoms with Crippen molar-refractivity contribution in [2.45, 2.75) is 18.3 Å². The largest absolute Gasteiger partial charge is 0.497 e. The van der Waals surface area contributed by atoms with Crippen LogP contribution >= 0.6 is 0 Å². The smallest absolute Gasteiger partial charge is 0.433 e. The maximum Gasteiger partial charge on any atom is 0.433 e. The van der Waals surface area contributed by atoms with Crippen molar-refractivity contribution < 1.29 is 32.1 Å². The minimum Gasteiger partial charge on any atom is -0.497 e. The maximum absolute atomic E-state index is 16.0. The minimum atomic E-state index is -4.38. The van der Waals surface area contributed by atoms with E-state index in [-0.39, 0.29) is 5.75 Å². The van der Waals surface area contributed by atoms with Crippen molar-refractivity contribution in [1.29, 1.82) is 0 Å². The lowest BCUT2D eigenvalue weighted by Crippen LogP contribution is -2.53. The highest BCUT2D eigenvalue weighted by Gasteiger charge is 2.59. The van der Waals surface area contributed by atoms with E-state index >= 15 is 8.78 Å². The van der Waals surface area contributed by atoms with Gasteiger partial charge in [0.2, 0.25) is 5.60 Å². The van der Waals surface area contributed by atoms with E-state index in [1.54, 1.807) is 19.2 Å². The summed E-state index contributed by atoms with van der Waals surface area (Å²) in [4.78, 5) is 7.76. The van der Waals surface area contributed by atoms with Gasteiger partial charge < -0.3 is 24.4 Å². The van der Waals surface area contributed by atoms with Gasteiger partial charge in [0.25, 0.3) is 0 Å². The maximum atomic E-state index is 16.0. The van der Waals surface area contributed by atoms with Crippen molar-refractivity contribution in [1.82, 2.24) is 14.8 Å². The standard InChI is InChI=1S/C28H27F4N5O3/c1-39-22-6-4-5-21(16-22)35-11-13-36(14-12-35)25-7-2-3-8-26(25)40-28(31,32)27(38,17-37-19-33-18-34-37)23-10-9-20(29)15-24(23)30/h2-10,15-16,18-19,38H,11-14,17H2,1H3. The number of methoxy groups -OCH3 is 1. The van der Waals surface area contributed by atoms with Crippen LogP contribution in [0.4, 0.5) is 28.9 Å². The lowest BCUT2D eigenvalue weighted by Gasteiger charge is -2.39. The minimum absolute atomic E-state index is 0.207. The van der Waals surface area contributed by atoms with E-state index in [1.807, 2.05) is 29.2 Å². The summed E-state index contributed by atoms with van der Waals surface area (Å²) in [5.74, 6) is -1.81. The Hall–Kier alpha value is -4.32. The third-order valence-corrected chi connectivity index (χ3v) is 6.86. The number of benzene rings is 3. The van der Waals surface area contributed by atoms with Crippen LogP contribution in [0.5, 0.6) is 11.5 Å². The Balaban J connectivity index is 1.41. The number of aromatic nitrogens is 3. The first-order valence-corrected chi connectivity index (χ1v) is 12.5. The van der Waals surface area contributed by atoms with E-state index in [4.69, 9.17) is 9.47 Å². The molecule has 1 fully saturated rings. The summed E-state index contributed by atoms with van der Waals surface area (Å²) in [6, 6.07) is 15.8. The molecular formula is C28H27F4N5O3. The number of alkyl halides is 2. The first-order valence-electron chi connectivity index (χ1n) is 12.5. The monoisotopic (exact) mass is 557 g/mol. The Kier molecular flexibility index (Phi) is 7.53. The number of hydrogen-bond donors (Lipinski definition) is 1. The highest BCUT2D eigenvalue weighted by Crippen LogP contribution is 2.44. The van der Waals surface area contributed by atoms with E-state index in [9.17, 15) is 13.9 Å². The molecule has 1 aliphatic heterocycles. The molecule has 0 amide bonds. The summed E-state index contributed by atoms with van der Waals surface area (Å²) in [5, 5.41) is 15.1. The number of piperazine rings is 1. The molecule has 1 N–H and O–H groups in total. The van der Waals surface area contributed by atoms with E-state index in [0.717, 1.165) is 40.9 Å². The molecule has 0 bridgehead atoms. The normalized spacial score (nSPS) is 15.6. The van der Waals surface area contributed by atoms with E-state index in [0.29, 0.717) is 37.9 Å². The predicted octanol–water partition coefficient (Wildman–Crippen LogP) is 4.45. The number of nitrogens with zero attached hydrogens (tertiary/aromatic N) is 5. The Labute approximate surface area is 228 Å². The second-order valence-corrected chi connectivity index (χ2v) is 9.34. The number of ether oxygens (including phenoxy) is 2. The van der Waals surface area contributed by atoms with Gasteiger partial charge in [-0.3, -0.25) is 0 Å². The molecule has 8 nitrogen and oxygen atoms in total. The van der Waals surface area contributed by atoms with Gasteiger partial charge in [-0.15, -0.1) is 0 Å². The van der Waals surface area contributed by atoms with Gasteiger partial charge >= 0.3 is 6.11 Å². The molecule has 1 saturated heterocycles. The molecule has 4 aromatic rings. The second kappa shape index (κ2) is 11.0. The molecule has 12 heteroatoms. The summed E-state index contributed by atoms with van der Waals surface area (Å²) in [6.07, 6.45) is -2.20. The Morgan fingerprint density at radius 2 is 1.68 bits per heavy atom. The molecule has 40 heavy (non-hydrogen) atoms. The third-order valence-electron chi connectivity index (χ3n) is 6.86. The van der Waals surface area contributed by atoms with Crippen molar-refractivity contribution in [3.63, 3.8) is 0 Å². The molecule has 1 unspecified atom stereocenters. The van der Waals surface area contributed by atoms with E-state index < -0.39 is 35.5 Å². The fourth-order valence-corrected chi connectivity index (χ4v) is 4.75. The van der Waals surface area contributed by atoms with Crippen LogP contribution in [-0.4, -0.2) is 59.3 Å². The fourth-order valence-electron chi connectivity index (χ4n) is 4.75. The van der Waals surface area contributed by atoms with Crippen molar-refractivity contribution >= 4 is 11.4 Å². The van der Waals surface area contributed by atoms with Crippen LogP contribution in [0.25, 0.3) is 0 Å². The average Bonchev–Trinajstić information content (AvgIpc) is 3.46. The van der Waals surface area contributed by atoms with Gasteiger partial charge in [-0.2, -0.15) is 13.9 Å². The quantitative estimate of drug-likeness (QED) is 0.305. The fraction of sp³-hybridized carbons (Fsp3) is 0.286. The van der Waals surface area contributed by atoms with Crippen molar-refractivity contribution in [3.8, 4) is 11.5 Å². The first-order chi connectivity index (χ1) is 19.2. The highest BCUT2D eigenvalue weighted by atomic mass is 19.3. The molecule has 1 aromatic heterocycles. The van der Waals surface area contributed by atoms with Gasteiger partial charge in [-0.05, 0) is 36.4 Å². The summed E-state index contributed by atoms with van der Waals surface area (Å²) < 4.78 is 71.8. The number of aliphatic hydroxyl groups is 1. The van der Waals surface area contributed by atoms with Gasteiger partial charge in [0.05, 0.1) is 19.3 Å². The number of hydrogen-bond acceptors (Lipinski definition) is 7. The molecule has 3 aromatic carbocycles. The summed E-state index contributed by atoms with van der Waals surface area (Å²) in [7, 11) is 1.60. The summed E-state index contributed by atoms with van der Waals surface area (Å²) in [5.41, 5.74) is -2.75. The number of anilines is 2. The number of rotatable bonds is 9. The second-order valence-electron chi connectivity index (χ2n) is 9.34. The van der Waals surface area contributed by atoms with Crippen molar-refractivity contribution in [3.05, 3.63) is 96.6 Å². The molecule has 5 rings (SSSR count). The van der Waals surface area contributed by atoms with Crippen LogP contribution in [0, 0.1) is 11.6 Å². The van der Waals surface area contributed by atoms with Crippen molar-refractivity contribution in [2.75, 3.05) is 43.1 Å². The summed E-state index contributed by atoms with van der Waals surface area (Å²) in [6.45, 7) is 1.30. The molecule has 0 aliphatic carbocycles. The van der Waals surface area contributed by atoms with Gasteiger partial charge in [0.1, 0.15) is 35.8 Å². The zero-order valence-electron chi connectivity index (χ0n) is 21.6. The average molecular weight is 558 g/mol. The van der Waals surface area contributed by atoms with Gasteiger partial charge in [0.15, 0.2) is 0 Å². The lowest BCUT2D eigenvalue weighted by atomic mass is 9.91. The summed E-state index contributed by atoms with van der Waals surface area (Å²) >= 11 is 0. The Bertz CT molecular complexity index is 1450. The van der Waals surface area contributed by atoms with Gasteiger partial charge in [0, 0.05) is 49.6 Å². The topological polar surface area (TPSA) is 75.9 Å². The number of para-hydroxylation sites is 2. The predicted molar refractivity (Wildman–Crippen MR) is 140 cm³/mol. The SMILES string of the molecule is COc1cccc(N2CCN(c3ccccc3OC(F)(F)C(O)(Cn3cncn3)c3ccc(F)cc3F)CC2)c1. The van der Waals surface area contributed by atoms with Crippen molar-refractivity contribution in [2.24, 2.45) is 0 Å². The van der Waals surface area contributed by atoms with Crippen LogP contribution in [-0.2, 0) is 12.1 Å². The Morgan fingerprint density at radius 3 is 2.38 bits per heavy atom. The molecule has 210 valence electrons. The molecule has 0 saturated carbocycles. The van der Waals surface area contributed by atoms with Gasteiger partial charge in [-0.25, -0.2) is 18.4 Å². The first kappa shape index (κ1) is 27.3. The third kappa shape index (κ3) is 5.39. The Morgan fingerprint density at radius 1 is 0.925 bits per heavy atom. The molecule has 0 spiro atoms. The van der Waals surface area contributed by atoms with Crippen LogP contribution in [0.1, 0.15) is 5.56 Å². The van der Waals surface area contributed by atoms with E-state index in [1.165, 1.54) is 12.1 Å². The van der Waals surface area contributed by atoms with Crippen LogP contribution in [0.2, 0.25) is 0 Å². The highest BCUT2D eigenvalue weighted by molar-refractivity contribution is 5.60. The lowest BCUT2D eigenvalue weighted by molar-refractivity contribution is -0.301. The molecule has 1 aliphatic rings. The van der Waals surface area contributed by atoms with Crippen LogP contribution < -0.4 is 19.3 Å². The zero-order chi connectivity index (χ0) is 28.3. The molecule has 0 radical (unpaired) electrons. The van der Waals surface area contributed by atoms with Crippen LogP contribution in [0.15, 0.2) is 79.4 Å². The molecule has 2 heterocycles. The van der Waals surface area contributed by atoms with E-state index in [2.05, 4.69) is 15.0 Å². The zero-order valence-corrected chi connectivity index (χ0v) is 21.6. The number of halogens is 4. The molecular weight excluding hydrogens is 530 g/mol.